The predicted molar refractivity (Wildman–Crippen MR) is 77.6 cm³/mol. The summed E-state index contributed by atoms with van der Waals surface area (Å²) in [5, 5.41) is 9.97. The summed E-state index contributed by atoms with van der Waals surface area (Å²) in [4.78, 5) is 12.0. The van der Waals surface area contributed by atoms with E-state index in [1.165, 1.54) is 19.3 Å². The summed E-state index contributed by atoms with van der Waals surface area (Å²) in [6.07, 6.45) is 10.5. The van der Waals surface area contributed by atoms with Gasteiger partial charge in [0, 0.05) is 0 Å². The first-order valence-electron chi connectivity index (χ1n) is 7.35. The fourth-order valence-electron chi connectivity index (χ4n) is 1.89. The van der Waals surface area contributed by atoms with E-state index in [1.54, 1.807) is 6.08 Å². The zero-order valence-electron chi connectivity index (χ0n) is 12.5. The van der Waals surface area contributed by atoms with Crippen LogP contribution in [-0.2, 0) is 4.79 Å². The third-order valence-corrected chi connectivity index (χ3v) is 3.52. The Morgan fingerprint density at radius 2 is 1.83 bits per heavy atom. The summed E-state index contributed by atoms with van der Waals surface area (Å²) in [7, 11) is 0. The highest BCUT2D eigenvalue weighted by Crippen LogP contribution is 2.25. The van der Waals surface area contributed by atoms with E-state index in [2.05, 4.69) is 6.92 Å². The average Bonchev–Trinajstić information content (AvgIpc) is 2.33. The van der Waals surface area contributed by atoms with Crippen molar-refractivity contribution in [3.63, 3.8) is 0 Å². The minimum absolute atomic E-state index is 0.0407. The van der Waals surface area contributed by atoms with Crippen molar-refractivity contribution in [2.45, 2.75) is 78.7 Å². The minimum atomic E-state index is -0.657. The molecule has 1 N–H and O–H groups in total. The van der Waals surface area contributed by atoms with Crippen LogP contribution < -0.4 is 0 Å². The van der Waals surface area contributed by atoms with Gasteiger partial charge in [0.15, 0.2) is 5.78 Å². The number of aliphatic hydroxyl groups excluding tert-OH is 1. The summed E-state index contributed by atoms with van der Waals surface area (Å²) >= 11 is 0. The van der Waals surface area contributed by atoms with Gasteiger partial charge in [-0.15, -0.1) is 0 Å². The molecule has 0 radical (unpaired) electrons. The summed E-state index contributed by atoms with van der Waals surface area (Å²) < 4.78 is 0. The number of rotatable bonds is 10. The number of carbonyl (C=O) groups is 1. The Hall–Kier alpha value is -0.630. The van der Waals surface area contributed by atoms with Crippen LogP contribution in [0, 0.1) is 5.41 Å². The van der Waals surface area contributed by atoms with Gasteiger partial charge in [-0.2, -0.15) is 0 Å². The number of carbonyl (C=O) groups excluding carboxylic acids is 1. The van der Waals surface area contributed by atoms with E-state index in [-0.39, 0.29) is 5.78 Å². The second kappa shape index (κ2) is 9.32. The average molecular weight is 254 g/mol. The van der Waals surface area contributed by atoms with Gasteiger partial charge in [-0.05, 0) is 25.3 Å². The second-order valence-electron chi connectivity index (χ2n) is 5.64. The number of hydrogen-bond acceptors (Lipinski definition) is 2. The van der Waals surface area contributed by atoms with E-state index < -0.39 is 11.5 Å². The number of ketones is 1. The van der Waals surface area contributed by atoms with Gasteiger partial charge in [0.1, 0.15) is 0 Å². The maximum atomic E-state index is 12.0. The Morgan fingerprint density at radius 1 is 1.17 bits per heavy atom. The molecule has 0 saturated carbocycles. The van der Waals surface area contributed by atoms with Crippen LogP contribution in [0.25, 0.3) is 0 Å². The Bertz CT molecular complexity index is 254. The lowest BCUT2D eigenvalue weighted by Crippen LogP contribution is -2.36. The molecule has 0 rings (SSSR count). The van der Waals surface area contributed by atoms with E-state index >= 15 is 0 Å². The molecule has 0 aliphatic carbocycles. The zero-order valence-corrected chi connectivity index (χ0v) is 12.5. The third kappa shape index (κ3) is 6.34. The van der Waals surface area contributed by atoms with E-state index in [0.29, 0.717) is 6.42 Å². The van der Waals surface area contributed by atoms with Crippen LogP contribution in [0.4, 0.5) is 0 Å². The molecule has 0 aromatic heterocycles. The monoisotopic (exact) mass is 254 g/mol. The molecule has 2 heteroatoms. The largest absolute Gasteiger partial charge is 0.392 e. The Balaban J connectivity index is 4.09. The molecule has 0 aliphatic rings. The van der Waals surface area contributed by atoms with E-state index in [0.717, 1.165) is 19.3 Å². The van der Waals surface area contributed by atoms with Gasteiger partial charge in [-0.3, -0.25) is 4.79 Å². The first kappa shape index (κ1) is 17.4. The number of hydrogen-bond donors (Lipinski definition) is 1. The lowest BCUT2D eigenvalue weighted by molar-refractivity contribution is -0.128. The highest BCUT2D eigenvalue weighted by molar-refractivity contribution is 5.94. The summed E-state index contributed by atoms with van der Waals surface area (Å²) in [6.45, 7) is 7.87. The van der Waals surface area contributed by atoms with Gasteiger partial charge in [0.2, 0.25) is 0 Å². The van der Waals surface area contributed by atoms with Crippen LogP contribution in [0.15, 0.2) is 12.2 Å². The lowest BCUT2D eigenvalue weighted by Gasteiger charge is -2.27. The van der Waals surface area contributed by atoms with Crippen molar-refractivity contribution in [2.75, 3.05) is 0 Å². The van der Waals surface area contributed by atoms with Crippen molar-refractivity contribution < 1.29 is 9.90 Å². The maximum absolute atomic E-state index is 12.0. The van der Waals surface area contributed by atoms with Gasteiger partial charge < -0.3 is 5.11 Å². The van der Waals surface area contributed by atoms with Crippen LogP contribution in [0.5, 0.6) is 0 Å². The van der Waals surface area contributed by atoms with Gasteiger partial charge in [-0.1, -0.05) is 59.5 Å². The molecule has 0 fully saturated rings. The summed E-state index contributed by atoms with van der Waals surface area (Å²) in [5.74, 6) is 0.0407. The second-order valence-corrected chi connectivity index (χ2v) is 5.64. The summed E-state index contributed by atoms with van der Waals surface area (Å²) in [6, 6.07) is 0. The minimum Gasteiger partial charge on any atom is -0.392 e. The Labute approximate surface area is 112 Å². The van der Waals surface area contributed by atoms with Gasteiger partial charge in [0.25, 0.3) is 0 Å². The number of allylic oxidation sites excluding steroid dienone is 2. The molecule has 0 amide bonds. The molecule has 0 saturated heterocycles. The molecule has 0 spiro atoms. The number of unbranched alkanes of at least 4 members (excludes halogenated alkanes) is 4. The molecule has 106 valence electrons. The maximum Gasteiger partial charge on any atom is 0.163 e. The van der Waals surface area contributed by atoms with Crippen LogP contribution in [0.1, 0.15) is 72.6 Å². The van der Waals surface area contributed by atoms with E-state index in [9.17, 15) is 9.90 Å². The fourth-order valence-corrected chi connectivity index (χ4v) is 1.89. The molecule has 2 nitrogen and oxygen atoms in total. The van der Waals surface area contributed by atoms with Gasteiger partial charge in [0.05, 0.1) is 11.5 Å². The van der Waals surface area contributed by atoms with Crippen molar-refractivity contribution in [2.24, 2.45) is 5.41 Å². The predicted octanol–water partition coefficient (Wildman–Crippen LogP) is 4.27. The van der Waals surface area contributed by atoms with Gasteiger partial charge in [-0.25, -0.2) is 0 Å². The molecule has 0 heterocycles. The first-order valence-corrected chi connectivity index (χ1v) is 7.35. The quantitative estimate of drug-likeness (QED) is 0.467. The van der Waals surface area contributed by atoms with Crippen LogP contribution in [-0.4, -0.2) is 17.0 Å². The standard InChI is InChI=1S/C16H30O2/c1-5-7-8-9-10-11-13-15(18)16(3,4)14(17)12-6-2/h11,13-14,17H,5-10,12H2,1-4H3. The van der Waals surface area contributed by atoms with Crippen molar-refractivity contribution in [3.8, 4) is 0 Å². The van der Waals surface area contributed by atoms with Crippen LogP contribution in [0.2, 0.25) is 0 Å². The topological polar surface area (TPSA) is 37.3 Å². The van der Waals surface area contributed by atoms with Crippen molar-refractivity contribution in [3.05, 3.63) is 12.2 Å². The molecule has 1 atom stereocenters. The van der Waals surface area contributed by atoms with Crippen molar-refractivity contribution in [1.82, 2.24) is 0 Å². The van der Waals surface area contributed by atoms with Crippen LogP contribution in [0.3, 0.4) is 0 Å². The van der Waals surface area contributed by atoms with Gasteiger partial charge >= 0.3 is 0 Å². The van der Waals surface area contributed by atoms with E-state index in [1.807, 2.05) is 26.8 Å². The van der Waals surface area contributed by atoms with E-state index in [4.69, 9.17) is 0 Å². The zero-order chi connectivity index (χ0) is 14.0. The molecule has 0 aromatic rings. The molecular formula is C16H30O2. The molecular weight excluding hydrogens is 224 g/mol. The Morgan fingerprint density at radius 3 is 2.39 bits per heavy atom. The molecule has 0 aromatic carbocycles. The third-order valence-electron chi connectivity index (χ3n) is 3.52. The SMILES string of the molecule is CCCCCCC=CC(=O)C(C)(C)C(O)CCC. The highest BCUT2D eigenvalue weighted by Gasteiger charge is 2.32. The first-order chi connectivity index (χ1) is 8.46. The van der Waals surface area contributed by atoms with Crippen LogP contribution >= 0.6 is 0 Å². The number of aliphatic hydroxyl groups is 1. The van der Waals surface area contributed by atoms with Crippen molar-refractivity contribution >= 4 is 5.78 Å². The summed E-state index contributed by atoms with van der Waals surface area (Å²) in [5.41, 5.74) is -0.657. The Kier molecular flexibility index (Phi) is 8.99. The lowest BCUT2D eigenvalue weighted by atomic mass is 9.80. The molecule has 1 unspecified atom stereocenters. The molecule has 0 aliphatic heterocycles. The smallest absolute Gasteiger partial charge is 0.163 e. The molecule has 18 heavy (non-hydrogen) atoms. The highest BCUT2D eigenvalue weighted by atomic mass is 16.3. The fraction of sp³-hybridized carbons (Fsp3) is 0.812. The normalized spacial score (nSPS) is 14.1. The molecule has 0 bridgehead atoms. The van der Waals surface area contributed by atoms with Crippen molar-refractivity contribution in [1.29, 1.82) is 0 Å².